The van der Waals surface area contributed by atoms with Crippen LogP contribution in [0.25, 0.3) is 0 Å². The van der Waals surface area contributed by atoms with E-state index in [2.05, 4.69) is 28.5 Å². The van der Waals surface area contributed by atoms with Gasteiger partial charge >= 0.3 is 0 Å². The summed E-state index contributed by atoms with van der Waals surface area (Å²) < 4.78 is 5.75. The van der Waals surface area contributed by atoms with Crippen LogP contribution in [-0.2, 0) is 19.4 Å². The Morgan fingerprint density at radius 1 is 1.22 bits per heavy atom. The second-order valence-electron chi connectivity index (χ2n) is 5.79. The highest BCUT2D eigenvalue weighted by atomic mass is 16.5. The molecule has 0 radical (unpaired) electrons. The van der Waals surface area contributed by atoms with Crippen molar-refractivity contribution in [2.24, 2.45) is 5.73 Å². The Balaban J connectivity index is 1.70. The van der Waals surface area contributed by atoms with Gasteiger partial charge in [-0.25, -0.2) is 4.98 Å². The zero-order valence-corrected chi connectivity index (χ0v) is 13.3. The molecule has 0 bridgehead atoms. The van der Waals surface area contributed by atoms with E-state index in [1.54, 1.807) is 19.1 Å². The highest BCUT2D eigenvalue weighted by molar-refractivity contribution is 5.93. The lowest BCUT2D eigenvalue weighted by Crippen LogP contribution is -2.16. The molecule has 2 aromatic rings. The number of amides is 1. The number of hydrogen-bond acceptors (Lipinski definition) is 4. The van der Waals surface area contributed by atoms with E-state index in [0.29, 0.717) is 23.7 Å². The van der Waals surface area contributed by atoms with Crippen molar-refractivity contribution in [3.8, 4) is 5.88 Å². The quantitative estimate of drug-likeness (QED) is 0.902. The van der Waals surface area contributed by atoms with Crippen LogP contribution in [0.15, 0.2) is 30.3 Å². The topological polar surface area (TPSA) is 77.2 Å². The van der Waals surface area contributed by atoms with Crippen LogP contribution in [0.4, 0.5) is 0 Å². The summed E-state index contributed by atoms with van der Waals surface area (Å²) in [5.41, 5.74) is 10.2. The molecule has 1 aromatic carbocycles. The van der Waals surface area contributed by atoms with E-state index in [4.69, 9.17) is 10.5 Å². The highest BCUT2D eigenvalue weighted by Gasteiger charge is 2.10. The number of aromatic nitrogens is 1. The van der Waals surface area contributed by atoms with Gasteiger partial charge in [0, 0.05) is 6.07 Å². The Morgan fingerprint density at radius 3 is 2.74 bits per heavy atom. The van der Waals surface area contributed by atoms with Gasteiger partial charge in [0.15, 0.2) is 0 Å². The maximum Gasteiger partial charge on any atom is 0.250 e. The lowest BCUT2D eigenvalue weighted by Gasteiger charge is -2.10. The summed E-state index contributed by atoms with van der Waals surface area (Å²) in [6, 6.07) is 9.85. The molecule has 1 aliphatic rings. The summed E-state index contributed by atoms with van der Waals surface area (Å²) in [7, 11) is 0. The molecule has 0 saturated carbocycles. The fraction of sp³-hybridized carbons (Fsp3) is 0.333. The number of nitrogens with zero attached hydrogens (tertiary/aromatic N) is 1. The van der Waals surface area contributed by atoms with Gasteiger partial charge in [-0.1, -0.05) is 18.2 Å². The Hall–Kier alpha value is -2.40. The van der Waals surface area contributed by atoms with Gasteiger partial charge in [0.2, 0.25) is 5.88 Å². The first-order valence-corrected chi connectivity index (χ1v) is 7.85. The number of pyridine rings is 1. The van der Waals surface area contributed by atoms with E-state index in [1.165, 1.54) is 11.1 Å². The Kier molecular flexibility index (Phi) is 4.57. The maximum absolute atomic E-state index is 11.2. The first-order chi connectivity index (χ1) is 11.1. The van der Waals surface area contributed by atoms with Gasteiger partial charge in [0.25, 0.3) is 5.91 Å². The number of nitrogens with two attached hydrogens (primary N) is 1. The number of primary amides is 1. The molecule has 23 heavy (non-hydrogen) atoms. The normalized spacial score (nSPS) is 14.0. The predicted molar refractivity (Wildman–Crippen MR) is 88.5 cm³/mol. The molecule has 0 atom stereocenters. The van der Waals surface area contributed by atoms with Crippen molar-refractivity contribution in [3.63, 3.8) is 0 Å². The van der Waals surface area contributed by atoms with Gasteiger partial charge < -0.3 is 15.8 Å². The molecular weight excluding hydrogens is 290 g/mol. The van der Waals surface area contributed by atoms with Crippen molar-refractivity contribution in [3.05, 3.63) is 58.3 Å². The molecule has 120 valence electrons. The summed E-state index contributed by atoms with van der Waals surface area (Å²) in [6.45, 7) is 4.27. The van der Waals surface area contributed by atoms with Gasteiger partial charge in [-0.2, -0.15) is 0 Å². The second-order valence-corrected chi connectivity index (χ2v) is 5.79. The number of benzene rings is 1. The Morgan fingerprint density at radius 2 is 2.00 bits per heavy atom. The van der Waals surface area contributed by atoms with Crippen LogP contribution in [0.2, 0.25) is 0 Å². The number of ether oxygens (including phenoxy) is 1. The van der Waals surface area contributed by atoms with E-state index in [9.17, 15) is 4.79 Å². The Bertz CT molecular complexity index is 728. The second kappa shape index (κ2) is 6.79. The number of rotatable bonds is 4. The minimum Gasteiger partial charge on any atom is -0.473 e. The molecule has 0 aliphatic carbocycles. The number of carbonyl (C=O) groups excluding carboxylic acids is 1. The third-order valence-electron chi connectivity index (χ3n) is 4.13. The van der Waals surface area contributed by atoms with Crippen LogP contribution in [-0.4, -0.2) is 24.0 Å². The van der Waals surface area contributed by atoms with E-state index in [0.717, 1.165) is 31.5 Å². The van der Waals surface area contributed by atoms with E-state index >= 15 is 0 Å². The molecule has 0 saturated heterocycles. The first kappa shape index (κ1) is 15.5. The first-order valence-electron chi connectivity index (χ1n) is 7.85. The van der Waals surface area contributed by atoms with Gasteiger partial charge in [-0.15, -0.1) is 0 Å². The summed E-state index contributed by atoms with van der Waals surface area (Å²) in [6.07, 6.45) is 2.12. The average molecular weight is 311 g/mol. The van der Waals surface area contributed by atoms with Crippen LogP contribution in [0.5, 0.6) is 5.88 Å². The van der Waals surface area contributed by atoms with Crippen molar-refractivity contribution >= 4 is 5.91 Å². The smallest absolute Gasteiger partial charge is 0.250 e. The fourth-order valence-electron chi connectivity index (χ4n) is 2.85. The van der Waals surface area contributed by atoms with Crippen LogP contribution < -0.4 is 15.8 Å². The van der Waals surface area contributed by atoms with Crippen molar-refractivity contribution < 1.29 is 9.53 Å². The van der Waals surface area contributed by atoms with Crippen molar-refractivity contribution in [1.82, 2.24) is 10.3 Å². The van der Waals surface area contributed by atoms with Gasteiger partial charge in [0.1, 0.15) is 6.61 Å². The van der Waals surface area contributed by atoms with Gasteiger partial charge in [0.05, 0.1) is 11.3 Å². The minimum absolute atomic E-state index is 0.426. The average Bonchev–Trinajstić information content (AvgIpc) is 2.77. The molecule has 1 aliphatic heterocycles. The summed E-state index contributed by atoms with van der Waals surface area (Å²) >= 11 is 0. The standard InChI is InChI=1S/C18H21N3O2/c1-12-16(18(19)22)4-5-17(21-12)23-11-13-2-3-14-6-8-20-9-7-15(14)10-13/h2-5,10,20H,6-9,11H2,1H3,(H2,19,22). The monoisotopic (exact) mass is 311 g/mol. The van der Waals surface area contributed by atoms with E-state index < -0.39 is 5.91 Å². The summed E-state index contributed by atoms with van der Waals surface area (Å²) in [4.78, 5) is 15.5. The summed E-state index contributed by atoms with van der Waals surface area (Å²) in [5.74, 6) is 0.0324. The maximum atomic E-state index is 11.2. The zero-order chi connectivity index (χ0) is 16.2. The third-order valence-corrected chi connectivity index (χ3v) is 4.13. The zero-order valence-electron chi connectivity index (χ0n) is 13.3. The van der Waals surface area contributed by atoms with Gasteiger partial charge in [-0.05, 0) is 55.6 Å². The van der Waals surface area contributed by atoms with E-state index in [1.807, 2.05) is 0 Å². The molecule has 3 N–H and O–H groups in total. The molecule has 5 nitrogen and oxygen atoms in total. The third kappa shape index (κ3) is 3.68. The summed E-state index contributed by atoms with van der Waals surface area (Å²) in [5, 5.41) is 3.41. The minimum atomic E-state index is -0.471. The molecule has 0 spiro atoms. The van der Waals surface area contributed by atoms with Crippen LogP contribution >= 0.6 is 0 Å². The number of carbonyl (C=O) groups is 1. The molecule has 5 heteroatoms. The van der Waals surface area contributed by atoms with Crippen LogP contribution in [0, 0.1) is 6.92 Å². The molecule has 3 rings (SSSR count). The number of nitrogens with one attached hydrogen (secondary N) is 1. The van der Waals surface area contributed by atoms with Crippen molar-refractivity contribution in [1.29, 1.82) is 0 Å². The molecule has 2 heterocycles. The highest BCUT2D eigenvalue weighted by Crippen LogP contribution is 2.18. The molecular formula is C18H21N3O2. The van der Waals surface area contributed by atoms with Crippen LogP contribution in [0.1, 0.15) is 32.7 Å². The molecule has 1 aromatic heterocycles. The van der Waals surface area contributed by atoms with Crippen molar-refractivity contribution in [2.45, 2.75) is 26.4 Å². The van der Waals surface area contributed by atoms with Crippen molar-refractivity contribution in [2.75, 3.05) is 13.1 Å². The largest absolute Gasteiger partial charge is 0.473 e. The van der Waals surface area contributed by atoms with Gasteiger partial charge in [-0.3, -0.25) is 4.79 Å². The number of hydrogen-bond donors (Lipinski definition) is 2. The van der Waals surface area contributed by atoms with E-state index in [-0.39, 0.29) is 0 Å². The Labute approximate surface area is 135 Å². The molecule has 0 unspecified atom stereocenters. The molecule has 1 amide bonds. The van der Waals surface area contributed by atoms with Crippen LogP contribution in [0.3, 0.4) is 0 Å². The molecule has 0 fully saturated rings. The fourth-order valence-corrected chi connectivity index (χ4v) is 2.85. The lowest BCUT2D eigenvalue weighted by atomic mass is 10.0. The predicted octanol–water partition coefficient (Wildman–Crippen LogP) is 1.76. The number of fused-ring (bicyclic) bond motifs is 1. The number of aryl methyl sites for hydroxylation is 1. The lowest BCUT2D eigenvalue weighted by molar-refractivity contribution is 0.0999. The SMILES string of the molecule is Cc1nc(OCc2ccc3c(c2)CCNCC3)ccc1C(N)=O.